The molecule has 0 spiro atoms. The summed E-state index contributed by atoms with van der Waals surface area (Å²) >= 11 is 1.43. The number of Topliss-reactive ketones (excluding diaryl/α,β-unsaturated/α-hetero) is 1. The van der Waals surface area contributed by atoms with Crippen LogP contribution in [0.2, 0.25) is 0 Å². The first-order valence-corrected chi connectivity index (χ1v) is 6.42. The molecule has 1 amide bonds. The lowest BCUT2D eigenvalue weighted by Crippen LogP contribution is -2.42. The molecule has 0 radical (unpaired) electrons. The van der Waals surface area contributed by atoms with Gasteiger partial charge in [-0.2, -0.15) is 0 Å². The van der Waals surface area contributed by atoms with E-state index in [-0.39, 0.29) is 24.2 Å². The largest absolute Gasteiger partial charge is 0.335 e. The number of rotatable bonds is 3. The maximum absolute atomic E-state index is 11.8. The van der Waals surface area contributed by atoms with Gasteiger partial charge < -0.3 is 4.90 Å². The second-order valence-corrected chi connectivity index (χ2v) is 5.15. The molecule has 2 rings (SSSR count). The number of likely N-dealkylation sites (tertiary alicyclic amines) is 1. The Morgan fingerprint density at radius 3 is 3.12 bits per heavy atom. The van der Waals surface area contributed by atoms with E-state index in [1.165, 1.54) is 11.3 Å². The Bertz CT molecular complexity index is 386. The lowest BCUT2D eigenvalue weighted by atomic mass is 9.99. The van der Waals surface area contributed by atoms with Gasteiger partial charge in [-0.25, -0.2) is 0 Å². The van der Waals surface area contributed by atoms with Gasteiger partial charge in [0.15, 0.2) is 5.78 Å². The van der Waals surface area contributed by atoms with Crippen LogP contribution in [0.4, 0.5) is 0 Å². The number of nitrogens with zero attached hydrogens (tertiary/aromatic N) is 1. The number of amides is 1. The van der Waals surface area contributed by atoms with Gasteiger partial charge in [-0.3, -0.25) is 9.59 Å². The summed E-state index contributed by atoms with van der Waals surface area (Å²) < 4.78 is 0. The number of hydrogen-bond acceptors (Lipinski definition) is 3. The molecule has 3 nitrogen and oxygen atoms in total. The maximum Gasteiger partial charge on any atom is 0.225 e. The fourth-order valence-corrected chi connectivity index (χ4v) is 2.64. The fourth-order valence-electron chi connectivity index (χ4n) is 1.98. The third-order valence-corrected chi connectivity index (χ3v) is 3.84. The highest BCUT2D eigenvalue weighted by atomic mass is 32.1. The first-order chi connectivity index (χ1) is 7.68. The Morgan fingerprint density at radius 2 is 2.44 bits per heavy atom. The summed E-state index contributed by atoms with van der Waals surface area (Å²) in [6.07, 6.45) is 1.95. The molecular weight excluding hydrogens is 222 g/mol. The average Bonchev–Trinajstić information content (AvgIpc) is 2.78. The van der Waals surface area contributed by atoms with Gasteiger partial charge >= 0.3 is 0 Å². The minimum Gasteiger partial charge on any atom is -0.335 e. The molecule has 1 unspecified atom stereocenters. The number of carbonyl (C=O) groups is 2. The lowest BCUT2D eigenvalue weighted by molar-refractivity contribution is -0.137. The second-order valence-electron chi connectivity index (χ2n) is 4.20. The highest BCUT2D eigenvalue weighted by Gasteiger charge is 2.26. The molecule has 1 aliphatic heterocycles. The molecule has 0 bridgehead atoms. The highest BCUT2D eigenvalue weighted by molar-refractivity contribution is 7.12. The Labute approximate surface area is 99.1 Å². The van der Waals surface area contributed by atoms with Crippen LogP contribution in [0.3, 0.4) is 0 Å². The molecule has 0 aromatic carbocycles. The lowest BCUT2D eigenvalue weighted by Gasteiger charge is -2.29. The van der Waals surface area contributed by atoms with E-state index in [2.05, 4.69) is 0 Å². The van der Waals surface area contributed by atoms with Gasteiger partial charge in [0.05, 0.1) is 11.4 Å². The van der Waals surface area contributed by atoms with Gasteiger partial charge in [0.1, 0.15) is 0 Å². The summed E-state index contributed by atoms with van der Waals surface area (Å²) in [7, 11) is 0. The van der Waals surface area contributed by atoms with Crippen LogP contribution < -0.4 is 0 Å². The summed E-state index contributed by atoms with van der Waals surface area (Å²) in [6, 6.07) is 3.67. The van der Waals surface area contributed by atoms with Crippen molar-refractivity contribution in [1.82, 2.24) is 4.90 Å². The van der Waals surface area contributed by atoms with Crippen molar-refractivity contribution in [3.05, 3.63) is 22.4 Å². The zero-order chi connectivity index (χ0) is 11.5. The maximum atomic E-state index is 11.8. The molecule has 1 saturated heterocycles. The molecule has 0 aliphatic carbocycles. The van der Waals surface area contributed by atoms with E-state index >= 15 is 0 Å². The van der Waals surface area contributed by atoms with Crippen molar-refractivity contribution < 1.29 is 9.59 Å². The van der Waals surface area contributed by atoms with Crippen molar-refractivity contribution in [2.24, 2.45) is 5.92 Å². The van der Waals surface area contributed by atoms with Gasteiger partial charge in [-0.05, 0) is 24.3 Å². The van der Waals surface area contributed by atoms with Gasteiger partial charge in [0, 0.05) is 12.5 Å². The van der Waals surface area contributed by atoms with E-state index in [1.807, 2.05) is 24.4 Å². The Balaban J connectivity index is 1.99. The summed E-state index contributed by atoms with van der Waals surface area (Å²) in [4.78, 5) is 26.1. The van der Waals surface area contributed by atoms with Crippen molar-refractivity contribution in [2.45, 2.75) is 19.8 Å². The Hall–Kier alpha value is -1.16. The van der Waals surface area contributed by atoms with Crippen LogP contribution in [0.1, 0.15) is 29.4 Å². The summed E-state index contributed by atoms with van der Waals surface area (Å²) in [6.45, 7) is 2.90. The molecule has 1 atom stereocenters. The molecule has 1 aromatic rings. The second kappa shape index (κ2) is 4.78. The minimum atomic E-state index is 0.0532. The van der Waals surface area contributed by atoms with Crippen molar-refractivity contribution in [3.63, 3.8) is 0 Å². The first-order valence-electron chi connectivity index (χ1n) is 5.54. The SMILES string of the molecule is CC1CCCN(CC(=O)c2cccs2)C1=O. The van der Waals surface area contributed by atoms with Crippen LogP contribution in [-0.2, 0) is 4.79 Å². The smallest absolute Gasteiger partial charge is 0.225 e. The van der Waals surface area contributed by atoms with Gasteiger partial charge in [0.2, 0.25) is 5.91 Å². The highest BCUT2D eigenvalue weighted by Crippen LogP contribution is 2.18. The third kappa shape index (κ3) is 2.32. The van der Waals surface area contributed by atoms with Gasteiger partial charge in [0.25, 0.3) is 0 Å². The van der Waals surface area contributed by atoms with E-state index in [0.29, 0.717) is 0 Å². The first kappa shape index (κ1) is 11.3. The zero-order valence-corrected chi connectivity index (χ0v) is 10.1. The molecule has 16 heavy (non-hydrogen) atoms. The Morgan fingerprint density at radius 1 is 1.62 bits per heavy atom. The average molecular weight is 237 g/mol. The zero-order valence-electron chi connectivity index (χ0n) is 9.31. The summed E-state index contributed by atoms with van der Waals surface area (Å²) in [5.41, 5.74) is 0. The van der Waals surface area contributed by atoms with Gasteiger partial charge in [-0.1, -0.05) is 13.0 Å². The number of piperidine rings is 1. The standard InChI is InChI=1S/C12H15NO2S/c1-9-4-2-6-13(12(9)15)8-10(14)11-5-3-7-16-11/h3,5,7,9H,2,4,6,8H2,1H3. The van der Waals surface area contributed by atoms with E-state index in [9.17, 15) is 9.59 Å². The van der Waals surface area contributed by atoms with Crippen LogP contribution in [-0.4, -0.2) is 29.7 Å². The van der Waals surface area contributed by atoms with Crippen LogP contribution in [0.5, 0.6) is 0 Å². The van der Waals surface area contributed by atoms with Crippen molar-refractivity contribution in [3.8, 4) is 0 Å². The van der Waals surface area contributed by atoms with E-state index in [0.717, 1.165) is 24.3 Å². The predicted octanol–water partition coefficient (Wildman–Crippen LogP) is 2.19. The quantitative estimate of drug-likeness (QED) is 0.756. The molecular formula is C12H15NO2S. The third-order valence-electron chi connectivity index (χ3n) is 2.93. The normalized spacial score (nSPS) is 21.2. The number of ketones is 1. The molecule has 86 valence electrons. The molecule has 0 saturated carbocycles. The molecule has 1 aliphatic rings. The minimum absolute atomic E-state index is 0.0532. The van der Waals surface area contributed by atoms with Crippen molar-refractivity contribution >= 4 is 23.0 Å². The van der Waals surface area contributed by atoms with E-state index in [1.54, 1.807) is 4.90 Å². The number of carbonyl (C=O) groups excluding carboxylic acids is 2. The molecule has 1 fully saturated rings. The van der Waals surface area contributed by atoms with E-state index < -0.39 is 0 Å². The monoisotopic (exact) mass is 237 g/mol. The predicted molar refractivity (Wildman–Crippen MR) is 63.6 cm³/mol. The molecule has 4 heteroatoms. The number of hydrogen-bond donors (Lipinski definition) is 0. The summed E-state index contributed by atoms with van der Waals surface area (Å²) in [5.74, 6) is 0.249. The number of thiophene rings is 1. The van der Waals surface area contributed by atoms with Crippen LogP contribution in [0.15, 0.2) is 17.5 Å². The fraction of sp³-hybridized carbons (Fsp3) is 0.500. The molecule has 1 aromatic heterocycles. The van der Waals surface area contributed by atoms with E-state index in [4.69, 9.17) is 0 Å². The summed E-state index contributed by atoms with van der Waals surface area (Å²) in [5, 5.41) is 1.88. The van der Waals surface area contributed by atoms with Crippen molar-refractivity contribution in [2.75, 3.05) is 13.1 Å². The topological polar surface area (TPSA) is 37.4 Å². The van der Waals surface area contributed by atoms with Crippen LogP contribution >= 0.6 is 11.3 Å². The van der Waals surface area contributed by atoms with Crippen LogP contribution in [0, 0.1) is 5.92 Å². The molecule has 0 N–H and O–H groups in total. The van der Waals surface area contributed by atoms with Gasteiger partial charge in [-0.15, -0.1) is 11.3 Å². The Kier molecular flexibility index (Phi) is 3.39. The van der Waals surface area contributed by atoms with Crippen molar-refractivity contribution in [1.29, 1.82) is 0 Å². The molecule has 2 heterocycles. The van der Waals surface area contributed by atoms with Crippen LogP contribution in [0.25, 0.3) is 0 Å².